The van der Waals surface area contributed by atoms with Gasteiger partial charge >= 0.3 is 0 Å². The highest BCUT2D eigenvalue weighted by atomic mass is 35.5. The minimum atomic E-state index is 0. The van der Waals surface area contributed by atoms with Crippen molar-refractivity contribution in [2.24, 2.45) is 5.92 Å². The number of halogens is 1. The van der Waals surface area contributed by atoms with Gasteiger partial charge in [-0.1, -0.05) is 18.2 Å². The molecule has 1 aromatic rings. The van der Waals surface area contributed by atoms with Crippen molar-refractivity contribution in [3.8, 4) is 0 Å². The number of rotatable bonds is 8. The fourth-order valence-corrected chi connectivity index (χ4v) is 2.44. The van der Waals surface area contributed by atoms with Crippen LogP contribution in [0.4, 0.5) is 0 Å². The molecule has 0 saturated heterocycles. The van der Waals surface area contributed by atoms with E-state index in [-0.39, 0.29) is 18.3 Å². The first kappa shape index (κ1) is 16.3. The summed E-state index contributed by atoms with van der Waals surface area (Å²) in [6, 6.07) is 10.2. The maximum absolute atomic E-state index is 11.5. The third kappa shape index (κ3) is 7.45. The number of benzene rings is 1. The molecule has 1 amide bonds. The summed E-state index contributed by atoms with van der Waals surface area (Å²) in [6.45, 7) is 2.17. The van der Waals surface area contributed by atoms with Crippen LogP contribution in [0.3, 0.4) is 0 Å². The summed E-state index contributed by atoms with van der Waals surface area (Å²) >= 11 is 1.77. The van der Waals surface area contributed by atoms with Gasteiger partial charge in [-0.25, -0.2) is 0 Å². The molecule has 106 valence electrons. The summed E-state index contributed by atoms with van der Waals surface area (Å²) in [5, 5.41) is 6.11. The zero-order valence-corrected chi connectivity index (χ0v) is 12.6. The molecule has 0 spiro atoms. The molecule has 0 radical (unpaired) electrons. The maximum Gasteiger partial charge on any atom is 0.233 e. The van der Waals surface area contributed by atoms with Crippen LogP contribution in [0.15, 0.2) is 35.2 Å². The van der Waals surface area contributed by atoms with Gasteiger partial charge in [-0.05, 0) is 37.4 Å². The molecule has 0 bridgehead atoms. The average molecular weight is 301 g/mol. The number of hydrogen-bond donors (Lipinski definition) is 2. The van der Waals surface area contributed by atoms with E-state index in [0.29, 0.717) is 6.54 Å². The molecular formula is C14H21ClN2OS. The maximum atomic E-state index is 11.5. The standard InChI is InChI=1S/C14H20N2OS.ClH/c17-14(11-15-10-12-6-7-12)16-8-9-18-13-4-2-1-3-5-13;/h1-5,12,15H,6-11H2,(H,16,17);1H. The molecule has 1 aromatic carbocycles. The SMILES string of the molecule is Cl.O=C(CNCC1CC1)NCCSc1ccccc1. The summed E-state index contributed by atoms with van der Waals surface area (Å²) in [4.78, 5) is 12.7. The van der Waals surface area contributed by atoms with E-state index >= 15 is 0 Å². The largest absolute Gasteiger partial charge is 0.354 e. The molecular weight excluding hydrogens is 280 g/mol. The van der Waals surface area contributed by atoms with Crippen LogP contribution in [-0.4, -0.2) is 31.3 Å². The predicted molar refractivity (Wildman–Crippen MR) is 83.0 cm³/mol. The summed E-state index contributed by atoms with van der Waals surface area (Å²) in [6.07, 6.45) is 2.64. The molecule has 19 heavy (non-hydrogen) atoms. The molecule has 1 saturated carbocycles. The van der Waals surface area contributed by atoms with Crippen LogP contribution in [0.1, 0.15) is 12.8 Å². The minimum Gasteiger partial charge on any atom is -0.354 e. The quantitative estimate of drug-likeness (QED) is 0.572. The van der Waals surface area contributed by atoms with Crippen LogP contribution in [-0.2, 0) is 4.79 Å². The van der Waals surface area contributed by atoms with Crippen molar-refractivity contribution in [2.45, 2.75) is 17.7 Å². The fourth-order valence-electron chi connectivity index (χ4n) is 1.65. The minimum absolute atomic E-state index is 0. The van der Waals surface area contributed by atoms with E-state index < -0.39 is 0 Å². The molecule has 5 heteroatoms. The second kappa shape index (κ2) is 9.23. The number of carbonyl (C=O) groups is 1. The van der Waals surface area contributed by atoms with E-state index in [1.807, 2.05) is 18.2 Å². The topological polar surface area (TPSA) is 41.1 Å². The van der Waals surface area contributed by atoms with Crippen molar-refractivity contribution in [2.75, 3.05) is 25.4 Å². The van der Waals surface area contributed by atoms with Crippen molar-refractivity contribution >= 4 is 30.1 Å². The van der Waals surface area contributed by atoms with E-state index in [1.165, 1.54) is 17.7 Å². The Kier molecular flexibility index (Phi) is 7.94. The zero-order chi connectivity index (χ0) is 12.6. The van der Waals surface area contributed by atoms with Crippen LogP contribution < -0.4 is 10.6 Å². The highest BCUT2D eigenvalue weighted by Crippen LogP contribution is 2.27. The predicted octanol–water partition coefficient (Wildman–Crippen LogP) is 2.32. The van der Waals surface area contributed by atoms with Gasteiger partial charge < -0.3 is 10.6 Å². The van der Waals surface area contributed by atoms with Gasteiger partial charge in [0.15, 0.2) is 0 Å². The molecule has 0 heterocycles. The molecule has 1 aliphatic rings. The number of nitrogens with one attached hydrogen (secondary N) is 2. The van der Waals surface area contributed by atoms with Crippen molar-refractivity contribution in [1.82, 2.24) is 10.6 Å². The van der Waals surface area contributed by atoms with Crippen molar-refractivity contribution in [3.63, 3.8) is 0 Å². The summed E-state index contributed by atoms with van der Waals surface area (Å²) in [5.74, 6) is 1.84. The number of hydrogen-bond acceptors (Lipinski definition) is 3. The van der Waals surface area contributed by atoms with Crippen LogP contribution >= 0.6 is 24.2 Å². The summed E-state index contributed by atoms with van der Waals surface area (Å²) < 4.78 is 0. The molecule has 0 aromatic heterocycles. The smallest absolute Gasteiger partial charge is 0.233 e. The van der Waals surface area contributed by atoms with Crippen molar-refractivity contribution < 1.29 is 4.79 Å². The van der Waals surface area contributed by atoms with Gasteiger partial charge in [0.1, 0.15) is 0 Å². The third-order valence-corrected chi connectivity index (χ3v) is 3.87. The van der Waals surface area contributed by atoms with Crippen LogP contribution in [0.25, 0.3) is 0 Å². The van der Waals surface area contributed by atoms with E-state index in [1.54, 1.807) is 11.8 Å². The van der Waals surface area contributed by atoms with E-state index in [4.69, 9.17) is 0 Å². The van der Waals surface area contributed by atoms with Gasteiger partial charge in [0.25, 0.3) is 0 Å². The fraction of sp³-hybridized carbons (Fsp3) is 0.500. The summed E-state index contributed by atoms with van der Waals surface area (Å²) in [7, 11) is 0. The normalized spacial score (nSPS) is 13.7. The van der Waals surface area contributed by atoms with Gasteiger partial charge in [0.2, 0.25) is 5.91 Å². The second-order valence-electron chi connectivity index (χ2n) is 4.59. The Morgan fingerprint density at radius 2 is 2.00 bits per heavy atom. The Morgan fingerprint density at radius 3 is 2.68 bits per heavy atom. The van der Waals surface area contributed by atoms with Crippen molar-refractivity contribution in [1.29, 1.82) is 0 Å². The van der Waals surface area contributed by atoms with E-state index in [9.17, 15) is 4.79 Å². The molecule has 1 fully saturated rings. The molecule has 0 aliphatic heterocycles. The van der Waals surface area contributed by atoms with Gasteiger partial charge in [0.05, 0.1) is 6.54 Å². The molecule has 0 unspecified atom stereocenters. The van der Waals surface area contributed by atoms with Crippen LogP contribution in [0, 0.1) is 5.92 Å². The first-order chi connectivity index (χ1) is 8.84. The number of thioether (sulfide) groups is 1. The second-order valence-corrected chi connectivity index (χ2v) is 5.75. The first-order valence-electron chi connectivity index (χ1n) is 6.50. The third-order valence-electron chi connectivity index (χ3n) is 2.85. The lowest BCUT2D eigenvalue weighted by Crippen LogP contribution is -2.35. The zero-order valence-electron chi connectivity index (χ0n) is 10.9. The van der Waals surface area contributed by atoms with Gasteiger partial charge in [-0.15, -0.1) is 24.2 Å². The Labute approximate surface area is 125 Å². The molecule has 2 rings (SSSR count). The number of carbonyl (C=O) groups excluding carboxylic acids is 1. The molecule has 0 atom stereocenters. The Hall–Kier alpha value is -0.710. The van der Waals surface area contributed by atoms with Crippen LogP contribution in [0.2, 0.25) is 0 Å². The van der Waals surface area contributed by atoms with E-state index in [0.717, 1.165) is 24.8 Å². The first-order valence-corrected chi connectivity index (χ1v) is 7.48. The van der Waals surface area contributed by atoms with Gasteiger partial charge in [0, 0.05) is 17.2 Å². The summed E-state index contributed by atoms with van der Waals surface area (Å²) in [5.41, 5.74) is 0. The number of amides is 1. The lowest BCUT2D eigenvalue weighted by Gasteiger charge is -2.06. The van der Waals surface area contributed by atoms with Gasteiger partial charge in [-0.2, -0.15) is 0 Å². The lowest BCUT2D eigenvalue weighted by molar-refractivity contribution is -0.120. The Morgan fingerprint density at radius 1 is 1.26 bits per heavy atom. The Balaban J connectivity index is 0.00000180. The van der Waals surface area contributed by atoms with Crippen LogP contribution in [0.5, 0.6) is 0 Å². The highest BCUT2D eigenvalue weighted by Gasteiger charge is 2.20. The molecule has 3 nitrogen and oxygen atoms in total. The van der Waals surface area contributed by atoms with Gasteiger partial charge in [-0.3, -0.25) is 4.79 Å². The Bertz CT molecular complexity index is 371. The molecule has 2 N–H and O–H groups in total. The van der Waals surface area contributed by atoms with Crippen molar-refractivity contribution in [3.05, 3.63) is 30.3 Å². The highest BCUT2D eigenvalue weighted by molar-refractivity contribution is 7.99. The monoisotopic (exact) mass is 300 g/mol. The lowest BCUT2D eigenvalue weighted by atomic mass is 10.4. The molecule has 1 aliphatic carbocycles. The van der Waals surface area contributed by atoms with E-state index in [2.05, 4.69) is 22.8 Å². The average Bonchev–Trinajstić information content (AvgIpc) is 3.20.